The summed E-state index contributed by atoms with van der Waals surface area (Å²) < 4.78 is 0. The molecule has 0 unspecified atom stereocenters. The summed E-state index contributed by atoms with van der Waals surface area (Å²) in [6.07, 6.45) is 4.90. The van der Waals surface area contributed by atoms with Crippen LogP contribution in [0.2, 0.25) is 0 Å². The third-order valence-electron chi connectivity index (χ3n) is 2.68. The number of hydrogen-bond acceptors (Lipinski definition) is 4. The maximum Gasteiger partial charge on any atom is 0.105 e. The summed E-state index contributed by atoms with van der Waals surface area (Å²) in [4.78, 5) is 8.84. The predicted molar refractivity (Wildman–Crippen MR) is 79.3 cm³/mol. The van der Waals surface area contributed by atoms with E-state index in [1.54, 1.807) is 18.0 Å². The molecule has 0 aliphatic carbocycles. The lowest BCUT2D eigenvalue weighted by Gasteiger charge is -2.07. The van der Waals surface area contributed by atoms with Gasteiger partial charge in [-0.3, -0.25) is 0 Å². The van der Waals surface area contributed by atoms with Crippen molar-refractivity contribution >= 4 is 11.8 Å². The van der Waals surface area contributed by atoms with Crippen LogP contribution in [0.3, 0.4) is 0 Å². The fourth-order valence-corrected chi connectivity index (χ4v) is 2.52. The van der Waals surface area contributed by atoms with Crippen LogP contribution < -0.4 is 5.32 Å². The van der Waals surface area contributed by atoms with Gasteiger partial charge in [-0.15, -0.1) is 0 Å². The molecule has 0 radical (unpaired) electrons. The van der Waals surface area contributed by atoms with E-state index >= 15 is 0 Å². The van der Waals surface area contributed by atoms with E-state index in [1.807, 2.05) is 24.4 Å². The highest BCUT2D eigenvalue weighted by Gasteiger charge is 2.04. The highest BCUT2D eigenvalue weighted by molar-refractivity contribution is 7.99. The van der Waals surface area contributed by atoms with Gasteiger partial charge < -0.3 is 5.32 Å². The lowest BCUT2D eigenvalue weighted by Crippen LogP contribution is -2.14. The van der Waals surface area contributed by atoms with E-state index in [-0.39, 0.29) is 0 Å². The SMILES string of the molecule is CCCNCc1cnc(Sc2ccccn2)c(C)c1. The van der Waals surface area contributed by atoms with Crippen LogP contribution >= 0.6 is 11.8 Å². The van der Waals surface area contributed by atoms with Gasteiger partial charge in [0, 0.05) is 18.9 Å². The van der Waals surface area contributed by atoms with Gasteiger partial charge in [-0.05, 0) is 54.9 Å². The molecular weight excluding hydrogens is 254 g/mol. The average Bonchev–Trinajstić information content (AvgIpc) is 2.43. The molecule has 4 heteroatoms. The maximum atomic E-state index is 4.54. The van der Waals surface area contributed by atoms with Gasteiger partial charge in [0.15, 0.2) is 0 Å². The molecule has 19 heavy (non-hydrogen) atoms. The van der Waals surface area contributed by atoms with Crippen molar-refractivity contribution in [3.63, 3.8) is 0 Å². The summed E-state index contributed by atoms with van der Waals surface area (Å²) in [5, 5.41) is 5.40. The maximum absolute atomic E-state index is 4.54. The summed E-state index contributed by atoms with van der Waals surface area (Å²) in [5.41, 5.74) is 2.43. The fraction of sp³-hybridized carbons (Fsp3) is 0.333. The van der Waals surface area contributed by atoms with Crippen LogP contribution in [0.4, 0.5) is 0 Å². The van der Waals surface area contributed by atoms with Crippen molar-refractivity contribution in [2.45, 2.75) is 36.9 Å². The molecule has 0 spiro atoms. The van der Waals surface area contributed by atoms with E-state index < -0.39 is 0 Å². The monoisotopic (exact) mass is 273 g/mol. The first kappa shape index (κ1) is 14.0. The Morgan fingerprint density at radius 1 is 1.26 bits per heavy atom. The van der Waals surface area contributed by atoms with Gasteiger partial charge in [-0.1, -0.05) is 19.1 Å². The number of pyridine rings is 2. The zero-order chi connectivity index (χ0) is 13.5. The minimum Gasteiger partial charge on any atom is -0.313 e. The molecule has 2 rings (SSSR count). The van der Waals surface area contributed by atoms with Crippen LogP contribution in [0.5, 0.6) is 0 Å². The van der Waals surface area contributed by atoms with Gasteiger partial charge in [0.2, 0.25) is 0 Å². The molecule has 1 N–H and O–H groups in total. The number of nitrogens with one attached hydrogen (secondary N) is 1. The largest absolute Gasteiger partial charge is 0.313 e. The zero-order valence-corrected chi connectivity index (χ0v) is 12.2. The first-order chi connectivity index (χ1) is 9.29. The standard InChI is InChI=1S/C15H19N3S/c1-3-7-16-10-13-9-12(2)15(18-11-13)19-14-6-4-5-8-17-14/h4-6,8-9,11,16H,3,7,10H2,1-2H3. The van der Waals surface area contributed by atoms with E-state index in [9.17, 15) is 0 Å². The van der Waals surface area contributed by atoms with Crippen molar-refractivity contribution in [3.05, 3.63) is 47.8 Å². The molecule has 2 aromatic heterocycles. The number of nitrogens with zero attached hydrogens (tertiary/aromatic N) is 2. The quantitative estimate of drug-likeness (QED) is 0.818. The molecular formula is C15H19N3S. The molecule has 3 nitrogen and oxygen atoms in total. The molecule has 0 amide bonds. The van der Waals surface area contributed by atoms with Crippen LogP contribution in [0.25, 0.3) is 0 Å². The first-order valence-electron chi connectivity index (χ1n) is 6.54. The summed E-state index contributed by atoms with van der Waals surface area (Å²) in [5.74, 6) is 0. The van der Waals surface area contributed by atoms with Crippen LogP contribution in [-0.2, 0) is 6.54 Å². The van der Waals surface area contributed by atoms with Gasteiger partial charge in [0.25, 0.3) is 0 Å². The molecule has 0 aromatic carbocycles. The Bertz CT molecular complexity index is 514. The molecule has 0 fully saturated rings. The van der Waals surface area contributed by atoms with Crippen LogP contribution in [-0.4, -0.2) is 16.5 Å². The highest BCUT2D eigenvalue weighted by atomic mass is 32.2. The van der Waals surface area contributed by atoms with Gasteiger partial charge in [-0.2, -0.15) is 0 Å². The Kier molecular flexibility index (Phi) is 5.36. The van der Waals surface area contributed by atoms with Crippen molar-refractivity contribution in [2.75, 3.05) is 6.54 Å². The van der Waals surface area contributed by atoms with Gasteiger partial charge in [-0.25, -0.2) is 9.97 Å². The second kappa shape index (κ2) is 7.26. The number of aryl methyl sites for hydroxylation is 1. The molecule has 0 saturated carbocycles. The van der Waals surface area contributed by atoms with E-state index in [2.05, 4.69) is 35.2 Å². The Hall–Kier alpha value is -1.39. The van der Waals surface area contributed by atoms with E-state index in [4.69, 9.17) is 0 Å². The van der Waals surface area contributed by atoms with Crippen molar-refractivity contribution in [1.82, 2.24) is 15.3 Å². The molecule has 0 atom stereocenters. The van der Waals surface area contributed by atoms with Crippen LogP contribution in [0, 0.1) is 6.92 Å². The molecule has 0 bridgehead atoms. The third kappa shape index (κ3) is 4.33. The van der Waals surface area contributed by atoms with Crippen LogP contribution in [0.1, 0.15) is 24.5 Å². The highest BCUT2D eigenvalue weighted by Crippen LogP contribution is 2.26. The van der Waals surface area contributed by atoms with Gasteiger partial charge in [0.05, 0.1) is 0 Å². The smallest absolute Gasteiger partial charge is 0.105 e. The fourth-order valence-electron chi connectivity index (χ4n) is 1.74. The lowest BCUT2D eigenvalue weighted by atomic mass is 10.2. The predicted octanol–water partition coefficient (Wildman–Crippen LogP) is 3.44. The van der Waals surface area contributed by atoms with Crippen molar-refractivity contribution < 1.29 is 0 Å². The van der Waals surface area contributed by atoms with Crippen molar-refractivity contribution in [3.8, 4) is 0 Å². The summed E-state index contributed by atoms with van der Waals surface area (Å²) in [7, 11) is 0. The second-order valence-electron chi connectivity index (χ2n) is 4.41. The lowest BCUT2D eigenvalue weighted by molar-refractivity contribution is 0.672. The molecule has 0 saturated heterocycles. The van der Waals surface area contributed by atoms with Crippen molar-refractivity contribution in [1.29, 1.82) is 0 Å². The molecule has 2 heterocycles. The Morgan fingerprint density at radius 3 is 2.84 bits per heavy atom. The Labute approximate surface area is 118 Å². The van der Waals surface area contributed by atoms with Crippen LogP contribution in [0.15, 0.2) is 46.7 Å². The van der Waals surface area contributed by atoms with E-state index in [0.717, 1.165) is 29.6 Å². The van der Waals surface area contributed by atoms with E-state index in [0.29, 0.717) is 0 Å². The topological polar surface area (TPSA) is 37.8 Å². The van der Waals surface area contributed by atoms with E-state index in [1.165, 1.54) is 11.1 Å². The average molecular weight is 273 g/mol. The molecule has 2 aromatic rings. The Morgan fingerprint density at radius 2 is 2.16 bits per heavy atom. The van der Waals surface area contributed by atoms with Gasteiger partial charge >= 0.3 is 0 Å². The Balaban J connectivity index is 2.03. The summed E-state index contributed by atoms with van der Waals surface area (Å²) in [6.45, 7) is 6.20. The normalized spacial score (nSPS) is 10.6. The molecule has 0 aliphatic rings. The van der Waals surface area contributed by atoms with Gasteiger partial charge in [0.1, 0.15) is 10.1 Å². The second-order valence-corrected chi connectivity index (χ2v) is 5.42. The minimum absolute atomic E-state index is 0.885. The number of hydrogen-bond donors (Lipinski definition) is 1. The first-order valence-corrected chi connectivity index (χ1v) is 7.36. The summed E-state index contributed by atoms with van der Waals surface area (Å²) in [6, 6.07) is 8.12. The third-order valence-corrected chi connectivity index (χ3v) is 3.75. The number of rotatable bonds is 6. The minimum atomic E-state index is 0.885. The molecule has 100 valence electrons. The number of aromatic nitrogens is 2. The zero-order valence-electron chi connectivity index (χ0n) is 11.4. The van der Waals surface area contributed by atoms with Crippen molar-refractivity contribution in [2.24, 2.45) is 0 Å². The molecule has 0 aliphatic heterocycles. The summed E-state index contributed by atoms with van der Waals surface area (Å²) >= 11 is 1.61.